The summed E-state index contributed by atoms with van der Waals surface area (Å²) in [7, 11) is 0. The molecule has 1 aliphatic heterocycles. The van der Waals surface area contributed by atoms with E-state index in [-0.39, 0.29) is 12.4 Å². The fraction of sp³-hybridized carbons (Fsp3) is 0.250. The van der Waals surface area contributed by atoms with E-state index < -0.39 is 0 Å². The van der Waals surface area contributed by atoms with Gasteiger partial charge in [0, 0.05) is 36.5 Å². The number of nitrogens with zero attached hydrogens (tertiary/aromatic N) is 1. The van der Waals surface area contributed by atoms with Gasteiger partial charge in [0.2, 0.25) is 0 Å². The maximum atomic E-state index is 4.32. The SMILES string of the molecule is Cl.c1ccc(Nc2n[nH]c3c2CNCC3)cc1. The summed E-state index contributed by atoms with van der Waals surface area (Å²) in [5.74, 6) is 0.938. The number of anilines is 2. The van der Waals surface area contributed by atoms with Gasteiger partial charge >= 0.3 is 0 Å². The number of benzene rings is 1. The van der Waals surface area contributed by atoms with Gasteiger partial charge in [-0.25, -0.2) is 0 Å². The Morgan fingerprint density at radius 1 is 1.18 bits per heavy atom. The fourth-order valence-electron chi connectivity index (χ4n) is 1.99. The molecule has 1 aromatic carbocycles. The molecule has 0 radical (unpaired) electrons. The minimum Gasteiger partial charge on any atom is -0.338 e. The van der Waals surface area contributed by atoms with Gasteiger partial charge in [0.25, 0.3) is 0 Å². The normalized spacial score (nSPS) is 13.6. The second-order valence-corrected chi connectivity index (χ2v) is 3.95. The van der Waals surface area contributed by atoms with Crippen LogP contribution in [-0.4, -0.2) is 16.7 Å². The van der Waals surface area contributed by atoms with Gasteiger partial charge in [-0.05, 0) is 12.1 Å². The molecule has 1 aliphatic rings. The lowest BCUT2D eigenvalue weighted by molar-refractivity contribution is 0.637. The average molecular weight is 251 g/mol. The van der Waals surface area contributed by atoms with E-state index >= 15 is 0 Å². The zero-order valence-electron chi connectivity index (χ0n) is 9.36. The summed E-state index contributed by atoms with van der Waals surface area (Å²) in [6.07, 6.45) is 1.03. The minimum absolute atomic E-state index is 0. The smallest absolute Gasteiger partial charge is 0.156 e. The predicted octanol–water partition coefficient (Wildman–Crippen LogP) is 2.22. The van der Waals surface area contributed by atoms with Gasteiger partial charge < -0.3 is 10.6 Å². The highest BCUT2D eigenvalue weighted by Crippen LogP contribution is 2.22. The van der Waals surface area contributed by atoms with Gasteiger partial charge in [-0.3, -0.25) is 5.10 Å². The molecule has 0 saturated heterocycles. The standard InChI is InChI=1S/C12H14N4.ClH/c1-2-4-9(5-3-1)14-12-10-8-13-7-6-11(10)15-16-12;/h1-5,13H,6-8H2,(H2,14,15,16);1H. The molecular weight excluding hydrogens is 236 g/mol. The summed E-state index contributed by atoms with van der Waals surface area (Å²) >= 11 is 0. The van der Waals surface area contributed by atoms with E-state index in [1.165, 1.54) is 11.3 Å². The van der Waals surface area contributed by atoms with E-state index in [2.05, 4.69) is 20.8 Å². The zero-order chi connectivity index (χ0) is 10.8. The molecule has 0 fully saturated rings. The number of fused-ring (bicyclic) bond motifs is 1. The molecule has 5 heteroatoms. The first-order valence-corrected chi connectivity index (χ1v) is 5.52. The molecule has 2 aromatic rings. The molecule has 0 unspecified atom stereocenters. The molecule has 2 heterocycles. The van der Waals surface area contributed by atoms with Crippen molar-refractivity contribution < 1.29 is 0 Å². The van der Waals surface area contributed by atoms with Gasteiger partial charge in [-0.1, -0.05) is 18.2 Å². The van der Waals surface area contributed by atoms with Crippen molar-refractivity contribution in [1.29, 1.82) is 0 Å². The maximum Gasteiger partial charge on any atom is 0.156 e. The first-order chi connectivity index (χ1) is 7.93. The van der Waals surface area contributed by atoms with Crippen molar-refractivity contribution >= 4 is 23.9 Å². The van der Waals surface area contributed by atoms with E-state index in [9.17, 15) is 0 Å². The molecule has 0 spiro atoms. The Balaban J connectivity index is 0.00000108. The number of nitrogens with one attached hydrogen (secondary N) is 3. The monoisotopic (exact) mass is 250 g/mol. The Morgan fingerprint density at radius 2 is 2.00 bits per heavy atom. The highest BCUT2D eigenvalue weighted by molar-refractivity contribution is 5.85. The number of aromatic nitrogens is 2. The molecular formula is C12H15ClN4. The lowest BCUT2D eigenvalue weighted by atomic mass is 10.1. The summed E-state index contributed by atoms with van der Waals surface area (Å²) in [5, 5.41) is 14.1. The van der Waals surface area contributed by atoms with Crippen LogP contribution < -0.4 is 10.6 Å². The molecule has 1 aromatic heterocycles. The third kappa shape index (κ3) is 2.43. The zero-order valence-corrected chi connectivity index (χ0v) is 10.2. The third-order valence-corrected chi connectivity index (χ3v) is 2.84. The van der Waals surface area contributed by atoms with Crippen LogP contribution in [0.15, 0.2) is 30.3 Å². The van der Waals surface area contributed by atoms with Crippen molar-refractivity contribution in [3.63, 3.8) is 0 Å². The van der Waals surface area contributed by atoms with Gasteiger partial charge in [0.05, 0.1) is 0 Å². The van der Waals surface area contributed by atoms with Crippen LogP contribution in [0.25, 0.3) is 0 Å². The van der Waals surface area contributed by atoms with Gasteiger partial charge in [0.15, 0.2) is 5.82 Å². The number of rotatable bonds is 2. The average Bonchev–Trinajstić information content (AvgIpc) is 2.74. The van der Waals surface area contributed by atoms with E-state index in [0.717, 1.165) is 31.0 Å². The quantitative estimate of drug-likeness (QED) is 0.766. The summed E-state index contributed by atoms with van der Waals surface area (Å²) in [6.45, 7) is 1.92. The maximum absolute atomic E-state index is 4.32. The number of hydrogen-bond acceptors (Lipinski definition) is 3. The number of para-hydroxylation sites is 1. The van der Waals surface area contributed by atoms with Gasteiger partial charge in [-0.15, -0.1) is 12.4 Å². The molecule has 0 saturated carbocycles. The van der Waals surface area contributed by atoms with Crippen LogP contribution in [0.3, 0.4) is 0 Å². The number of H-pyrrole nitrogens is 1. The highest BCUT2D eigenvalue weighted by atomic mass is 35.5. The van der Waals surface area contributed by atoms with Crippen LogP contribution in [0.5, 0.6) is 0 Å². The summed E-state index contributed by atoms with van der Waals surface area (Å²) in [5.41, 5.74) is 3.58. The Labute approximate surface area is 106 Å². The van der Waals surface area contributed by atoms with E-state index in [0.29, 0.717) is 0 Å². The topological polar surface area (TPSA) is 52.7 Å². The van der Waals surface area contributed by atoms with Crippen LogP contribution in [0.1, 0.15) is 11.3 Å². The van der Waals surface area contributed by atoms with Crippen molar-refractivity contribution in [3.05, 3.63) is 41.6 Å². The van der Waals surface area contributed by atoms with E-state index in [4.69, 9.17) is 0 Å². The molecule has 0 bridgehead atoms. The number of hydrogen-bond donors (Lipinski definition) is 3. The summed E-state index contributed by atoms with van der Waals surface area (Å²) in [4.78, 5) is 0. The Morgan fingerprint density at radius 3 is 2.82 bits per heavy atom. The molecule has 3 N–H and O–H groups in total. The van der Waals surface area contributed by atoms with Crippen molar-refractivity contribution in [1.82, 2.24) is 15.5 Å². The molecule has 17 heavy (non-hydrogen) atoms. The Kier molecular flexibility index (Phi) is 3.66. The van der Waals surface area contributed by atoms with Gasteiger partial charge in [-0.2, -0.15) is 5.10 Å². The van der Waals surface area contributed by atoms with E-state index in [1.807, 2.05) is 30.3 Å². The largest absolute Gasteiger partial charge is 0.338 e. The first kappa shape index (κ1) is 12.0. The minimum atomic E-state index is 0. The summed E-state index contributed by atoms with van der Waals surface area (Å²) in [6, 6.07) is 10.1. The molecule has 0 aliphatic carbocycles. The number of halogens is 1. The molecule has 90 valence electrons. The molecule has 0 atom stereocenters. The van der Waals surface area contributed by atoms with E-state index in [1.54, 1.807) is 0 Å². The first-order valence-electron chi connectivity index (χ1n) is 5.52. The van der Waals surface area contributed by atoms with Crippen LogP contribution in [0.4, 0.5) is 11.5 Å². The Bertz CT molecular complexity index is 481. The molecule has 4 nitrogen and oxygen atoms in total. The van der Waals surface area contributed by atoms with Crippen molar-refractivity contribution in [3.8, 4) is 0 Å². The van der Waals surface area contributed by atoms with Gasteiger partial charge in [0.1, 0.15) is 0 Å². The fourth-order valence-corrected chi connectivity index (χ4v) is 1.99. The predicted molar refractivity (Wildman–Crippen MR) is 71.0 cm³/mol. The van der Waals surface area contributed by atoms with Crippen LogP contribution in [0.2, 0.25) is 0 Å². The van der Waals surface area contributed by atoms with Crippen LogP contribution in [-0.2, 0) is 13.0 Å². The number of aromatic amines is 1. The second-order valence-electron chi connectivity index (χ2n) is 3.95. The highest BCUT2D eigenvalue weighted by Gasteiger charge is 2.16. The third-order valence-electron chi connectivity index (χ3n) is 2.84. The van der Waals surface area contributed by atoms with Crippen molar-refractivity contribution in [2.45, 2.75) is 13.0 Å². The van der Waals surface area contributed by atoms with Crippen LogP contribution in [0, 0.1) is 0 Å². The molecule has 3 rings (SSSR count). The lowest BCUT2D eigenvalue weighted by Crippen LogP contribution is -2.23. The molecule has 0 amide bonds. The Hall–Kier alpha value is -1.52. The van der Waals surface area contributed by atoms with Crippen molar-refractivity contribution in [2.75, 3.05) is 11.9 Å². The summed E-state index contributed by atoms with van der Waals surface area (Å²) < 4.78 is 0. The lowest BCUT2D eigenvalue weighted by Gasteiger charge is -2.13. The second kappa shape index (κ2) is 5.21. The van der Waals surface area contributed by atoms with Crippen molar-refractivity contribution in [2.24, 2.45) is 0 Å². The van der Waals surface area contributed by atoms with Crippen LogP contribution >= 0.6 is 12.4 Å².